The molecule has 0 bridgehead atoms. The second-order valence-electron chi connectivity index (χ2n) is 1.58. The van der Waals surface area contributed by atoms with Crippen molar-refractivity contribution in [1.82, 2.24) is 0 Å². The first-order valence-electron chi connectivity index (χ1n) is 2.83. The molecule has 0 amide bonds. The van der Waals surface area contributed by atoms with E-state index in [2.05, 4.69) is 15.9 Å². The van der Waals surface area contributed by atoms with Crippen molar-refractivity contribution in [3.05, 3.63) is 33.8 Å². The molecule has 2 N–H and O–H groups in total. The summed E-state index contributed by atoms with van der Waals surface area (Å²) in [6, 6.07) is 7.52. The maximum Gasteiger partial charge on any atom is 0.432 e. The molecule has 5 heteroatoms. The average Bonchev–Trinajstić information content (AvgIpc) is 1.88. The van der Waals surface area contributed by atoms with Gasteiger partial charge in [0.15, 0.2) is 0 Å². The smallest absolute Gasteiger partial charge is 0.430 e. The normalized spacial score (nSPS) is 8.00. The van der Waals surface area contributed by atoms with Crippen LogP contribution in [0.1, 0.15) is 0 Å². The first-order chi connectivity index (χ1) is 5.20. The van der Waals surface area contributed by atoms with Crippen LogP contribution in [-0.4, -0.2) is 17.7 Å². The van der Waals surface area contributed by atoms with Crippen LogP contribution in [0.2, 0.25) is 5.02 Å². The van der Waals surface area contributed by atoms with Crippen LogP contribution < -0.4 is 0 Å². The van der Waals surface area contributed by atoms with Gasteiger partial charge in [-0.1, -0.05) is 33.6 Å². The summed E-state index contributed by atoms with van der Waals surface area (Å²) in [7, 11) is -0.750. The number of benzene rings is 1. The van der Waals surface area contributed by atoms with Gasteiger partial charge in [-0.3, -0.25) is 0 Å². The minimum atomic E-state index is -0.750. The molecule has 0 saturated heterocycles. The Labute approximate surface area is 79.3 Å². The van der Waals surface area contributed by atoms with E-state index in [4.69, 9.17) is 21.6 Å². The van der Waals surface area contributed by atoms with Crippen molar-refractivity contribution in [3.63, 3.8) is 0 Å². The molecule has 0 atom stereocenters. The molecule has 1 aromatic rings. The molecule has 0 aromatic heterocycles. The Balaban J connectivity index is 0.000000292. The van der Waals surface area contributed by atoms with Crippen molar-refractivity contribution >= 4 is 35.2 Å². The van der Waals surface area contributed by atoms with Gasteiger partial charge in [0.2, 0.25) is 0 Å². The second-order valence-corrected chi connectivity index (χ2v) is 2.93. The lowest BCUT2D eigenvalue weighted by atomic mass is 10.4. The van der Waals surface area contributed by atoms with Gasteiger partial charge in [-0.2, -0.15) is 0 Å². The van der Waals surface area contributed by atoms with Gasteiger partial charge >= 0.3 is 7.69 Å². The zero-order chi connectivity index (χ0) is 8.69. The SMILES string of the molecule is Clc1cccc(Br)c1.OBO. The summed E-state index contributed by atoms with van der Waals surface area (Å²) in [5, 5.41) is 15.0. The van der Waals surface area contributed by atoms with Crippen molar-refractivity contribution in [1.29, 1.82) is 0 Å². The van der Waals surface area contributed by atoms with Crippen molar-refractivity contribution in [2.24, 2.45) is 0 Å². The summed E-state index contributed by atoms with van der Waals surface area (Å²) in [5.41, 5.74) is 0. The molecule has 0 aliphatic heterocycles. The molecule has 0 fully saturated rings. The lowest BCUT2D eigenvalue weighted by molar-refractivity contribution is 0.448. The minimum absolute atomic E-state index is 0.750. The molecule has 0 radical (unpaired) electrons. The predicted octanol–water partition coefficient (Wildman–Crippen LogP) is 1.34. The van der Waals surface area contributed by atoms with E-state index in [1.165, 1.54) is 0 Å². The highest BCUT2D eigenvalue weighted by atomic mass is 79.9. The number of hydrogen-bond acceptors (Lipinski definition) is 2. The van der Waals surface area contributed by atoms with Gasteiger partial charge in [-0.05, 0) is 18.2 Å². The summed E-state index contributed by atoms with van der Waals surface area (Å²) >= 11 is 8.89. The third-order valence-electron chi connectivity index (χ3n) is 0.787. The summed E-state index contributed by atoms with van der Waals surface area (Å²) in [6.45, 7) is 0. The zero-order valence-corrected chi connectivity index (χ0v) is 8.01. The number of rotatable bonds is 0. The first kappa shape index (κ1) is 11.0. The topological polar surface area (TPSA) is 40.5 Å². The van der Waals surface area contributed by atoms with Crippen LogP contribution in [-0.2, 0) is 0 Å². The maximum absolute atomic E-state index is 7.12. The Kier molecular flexibility index (Phi) is 6.66. The van der Waals surface area contributed by atoms with Crippen molar-refractivity contribution in [3.8, 4) is 0 Å². The quantitative estimate of drug-likeness (QED) is 0.668. The summed E-state index contributed by atoms with van der Waals surface area (Å²) in [4.78, 5) is 0. The Hall–Kier alpha value is -0.0251. The molecule has 0 saturated carbocycles. The van der Waals surface area contributed by atoms with E-state index in [1.54, 1.807) is 0 Å². The molecule has 11 heavy (non-hydrogen) atoms. The highest BCUT2D eigenvalue weighted by Gasteiger charge is 1.84. The first-order valence-corrected chi connectivity index (χ1v) is 4.00. The van der Waals surface area contributed by atoms with Gasteiger partial charge in [0.1, 0.15) is 0 Å². The van der Waals surface area contributed by atoms with Crippen LogP contribution in [0.25, 0.3) is 0 Å². The van der Waals surface area contributed by atoms with Gasteiger partial charge in [0, 0.05) is 9.50 Å². The fourth-order valence-electron chi connectivity index (χ4n) is 0.460. The van der Waals surface area contributed by atoms with Gasteiger partial charge in [-0.25, -0.2) is 0 Å². The molecule has 60 valence electrons. The van der Waals surface area contributed by atoms with E-state index in [0.29, 0.717) is 0 Å². The second kappa shape index (κ2) is 6.67. The van der Waals surface area contributed by atoms with E-state index in [-0.39, 0.29) is 0 Å². The lowest BCUT2D eigenvalue weighted by Gasteiger charge is -1.87. The standard InChI is InChI=1S/C6H4BrCl.BH3O2/c7-5-2-1-3-6(8)4-5;2-1-3/h1-4H;1-3H. The molecule has 1 rings (SSSR count). The van der Waals surface area contributed by atoms with Crippen molar-refractivity contribution in [2.45, 2.75) is 0 Å². The van der Waals surface area contributed by atoms with Gasteiger partial charge in [-0.15, -0.1) is 0 Å². The van der Waals surface area contributed by atoms with Crippen LogP contribution in [0.3, 0.4) is 0 Å². The molecule has 0 aliphatic rings. The fraction of sp³-hybridized carbons (Fsp3) is 0. The molecular weight excluding hydrogens is 230 g/mol. The molecule has 0 heterocycles. The number of hydrogen-bond donors (Lipinski definition) is 2. The van der Waals surface area contributed by atoms with Crippen molar-refractivity contribution in [2.75, 3.05) is 0 Å². The monoisotopic (exact) mass is 236 g/mol. The van der Waals surface area contributed by atoms with Crippen LogP contribution >= 0.6 is 27.5 Å². The third-order valence-corrected chi connectivity index (χ3v) is 1.52. The van der Waals surface area contributed by atoms with Crippen LogP contribution in [0.5, 0.6) is 0 Å². The number of halogens is 2. The maximum atomic E-state index is 7.12. The van der Waals surface area contributed by atoms with Gasteiger partial charge in [0.05, 0.1) is 0 Å². The summed E-state index contributed by atoms with van der Waals surface area (Å²) < 4.78 is 1.02. The minimum Gasteiger partial charge on any atom is -0.430 e. The van der Waals surface area contributed by atoms with E-state index < -0.39 is 7.69 Å². The fourth-order valence-corrected chi connectivity index (χ4v) is 1.18. The van der Waals surface area contributed by atoms with Crippen molar-refractivity contribution < 1.29 is 10.0 Å². The Morgan fingerprint density at radius 2 is 1.91 bits per heavy atom. The summed E-state index contributed by atoms with van der Waals surface area (Å²) in [6.07, 6.45) is 0. The van der Waals surface area contributed by atoms with Gasteiger partial charge < -0.3 is 10.0 Å². The zero-order valence-electron chi connectivity index (χ0n) is 5.67. The van der Waals surface area contributed by atoms with Crippen LogP contribution in [0.4, 0.5) is 0 Å². The predicted molar refractivity (Wildman–Crippen MR) is 50.7 cm³/mol. The summed E-state index contributed by atoms with van der Waals surface area (Å²) in [5.74, 6) is 0. The third kappa shape index (κ3) is 6.38. The molecule has 0 spiro atoms. The van der Waals surface area contributed by atoms with E-state index >= 15 is 0 Å². The van der Waals surface area contributed by atoms with Crippen LogP contribution in [0.15, 0.2) is 28.7 Å². The van der Waals surface area contributed by atoms with Crippen LogP contribution in [0, 0.1) is 0 Å². The average molecular weight is 237 g/mol. The molecule has 2 nitrogen and oxygen atoms in total. The highest BCUT2D eigenvalue weighted by Crippen LogP contribution is 2.14. The molecule has 1 aromatic carbocycles. The molecule has 0 unspecified atom stereocenters. The highest BCUT2D eigenvalue weighted by molar-refractivity contribution is 9.10. The Morgan fingerprint density at radius 3 is 2.18 bits per heavy atom. The Bertz CT molecular complexity index is 192. The Morgan fingerprint density at radius 1 is 1.36 bits per heavy atom. The lowest BCUT2D eigenvalue weighted by Crippen LogP contribution is -1.75. The van der Waals surface area contributed by atoms with E-state index in [1.807, 2.05) is 24.3 Å². The largest absolute Gasteiger partial charge is 0.432 e. The van der Waals surface area contributed by atoms with E-state index in [9.17, 15) is 0 Å². The molecule has 0 aliphatic carbocycles. The van der Waals surface area contributed by atoms with E-state index in [0.717, 1.165) is 9.50 Å². The van der Waals surface area contributed by atoms with Gasteiger partial charge in [0.25, 0.3) is 0 Å². The molecular formula is C6H7BBrClO2.